The summed E-state index contributed by atoms with van der Waals surface area (Å²) in [5, 5.41) is 0. The van der Waals surface area contributed by atoms with E-state index in [1.165, 1.54) is 0 Å². The molecular weight excluding hydrogens is 185 g/mol. The molecule has 76 valence electrons. The van der Waals surface area contributed by atoms with Crippen LogP contribution in [0.15, 0.2) is 12.3 Å². The number of ether oxygens (including phenoxy) is 1. The number of methoxy groups -OCH3 is 1. The van der Waals surface area contributed by atoms with E-state index in [1.54, 1.807) is 19.4 Å². The van der Waals surface area contributed by atoms with Crippen molar-refractivity contribution < 1.29 is 9.13 Å². The van der Waals surface area contributed by atoms with Crippen molar-refractivity contribution in [2.45, 2.75) is 12.6 Å². The maximum Gasteiger partial charge on any atom is 0.228 e. The van der Waals surface area contributed by atoms with Crippen molar-refractivity contribution in [1.29, 1.82) is 0 Å². The summed E-state index contributed by atoms with van der Waals surface area (Å²) >= 11 is 0. The highest BCUT2D eigenvalue weighted by molar-refractivity contribution is 5.33. The molecule has 0 spiro atoms. The highest BCUT2D eigenvalue weighted by Crippen LogP contribution is 2.19. The van der Waals surface area contributed by atoms with Crippen LogP contribution in [0.2, 0.25) is 0 Å². The number of nitrogens with zero attached hydrogens (tertiary/aromatic N) is 3. The molecule has 1 atom stereocenters. The van der Waals surface area contributed by atoms with E-state index >= 15 is 0 Å². The van der Waals surface area contributed by atoms with Crippen LogP contribution in [0.5, 0.6) is 5.88 Å². The molecule has 1 aliphatic heterocycles. The van der Waals surface area contributed by atoms with E-state index in [1.807, 2.05) is 4.90 Å². The van der Waals surface area contributed by atoms with Gasteiger partial charge in [-0.3, -0.25) is 0 Å². The van der Waals surface area contributed by atoms with Crippen molar-refractivity contribution in [2.75, 3.05) is 25.1 Å². The molecule has 2 heterocycles. The van der Waals surface area contributed by atoms with Gasteiger partial charge in [-0.1, -0.05) is 0 Å². The van der Waals surface area contributed by atoms with Gasteiger partial charge in [-0.05, 0) is 6.42 Å². The van der Waals surface area contributed by atoms with Gasteiger partial charge in [0.25, 0.3) is 0 Å². The van der Waals surface area contributed by atoms with Crippen molar-refractivity contribution in [3.05, 3.63) is 12.3 Å². The van der Waals surface area contributed by atoms with Crippen LogP contribution in [-0.2, 0) is 0 Å². The predicted molar refractivity (Wildman–Crippen MR) is 50.3 cm³/mol. The lowest BCUT2D eigenvalue weighted by atomic mass is 10.3. The van der Waals surface area contributed by atoms with E-state index in [2.05, 4.69) is 9.97 Å². The Morgan fingerprint density at radius 3 is 3.14 bits per heavy atom. The molecule has 0 aromatic carbocycles. The van der Waals surface area contributed by atoms with Gasteiger partial charge in [-0.25, -0.2) is 9.37 Å². The lowest BCUT2D eigenvalue weighted by molar-refractivity contribution is 0.363. The van der Waals surface area contributed by atoms with E-state index in [0.29, 0.717) is 31.3 Å². The zero-order chi connectivity index (χ0) is 9.97. The highest BCUT2D eigenvalue weighted by Gasteiger charge is 2.23. The fourth-order valence-corrected chi connectivity index (χ4v) is 1.50. The lowest BCUT2D eigenvalue weighted by Crippen LogP contribution is -2.22. The molecule has 14 heavy (non-hydrogen) atoms. The first kappa shape index (κ1) is 9.18. The molecule has 1 unspecified atom stereocenters. The number of hydrogen-bond donors (Lipinski definition) is 0. The monoisotopic (exact) mass is 197 g/mol. The van der Waals surface area contributed by atoms with Crippen LogP contribution in [0.3, 0.4) is 0 Å². The number of anilines is 1. The maximum absolute atomic E-state index is 12.9. The molecule has 1 saturated heterocycles. The summed E-state index contributed by atoms with van der Waals surface area (Å²) in [5.41, 5.74) is 0. The second kappa shape index (κ2) is 3.77. The van der Waals surface area contributed by atoms with Crippen LogP contribution in [0.4, 0.5) is 10.3 Å². The minimum absolute atomic E-state index is 0.382. The topological polar surface area (TPSA) is 38.2 Å². The van der Waals surface area contributed by atoms with Gasteiger partial charge in [0.15, 0.2) is 0 Å². The molecule has 0 radical (unpaired) electrons. The third-order valence-corrected chi connectivity index (χ3v) is 2.24. The van der Waals surface area contributed by atoms with Gasteiger partial charge >= 0.3 is 0 Å². The van der Waals surface area contributed by atoms with Crippen LogP contribution < -0.4 is 9.64 Å². The van der Waals surface area contributed by atoms with Crippen LogP contribution in [0.25, 0.3) is 0 Å². The number of alkyl halides is 1. The molecule has 0 N–H and O–H groups in total. The minimum atomic E-state index is -0.759. The SMILES string of the molecule is COc1ccnc(N2CCC(F)C2)n1. The maximum atomic E-state index is 12.9. The van der Waals surface area contributed by atoms with Crippen molar-refractivity contribution >= 4 is 5.95 Å². The molecule has 1 aromatic heterocycles. The van der Waals surface area contributed by atoms with Gasteiger partial charge in [0.1, 0.15) is 6.17 Å². The minimum Gasteiger partial charge on any atom is -0.481 e. The summed E-state index contributed by atoms with van der Waals surface area (Å²) in [4.78, 5) is 10.0. The van der Waals surface area contributed by atoms with Crippen LogP contribution in [-0.4, -0.2) is 36.3 Å². The average Bonchev–Trinajstić information content (AvgIpc) is 2.65. The fraction of sp³-hybridized carbons (Fsp3) is 0.556. The van der Waals surface area contributed by atoms with Crippen LogP contribution in [0.1, 0.15) is 6.42 Å². The Hall–Kier alpha value is -1.39. The molecule has 1 aromatic rings. The third kappa shape index (κ3) is 1.76. The molecular formula is C9H12FN3O. The first-order valence-electron chi connectivity index (χ1n) is 4.55. The molecule has 2 rings (SSSR count). The van der Waals surface area contributed by atoms with E-state index in [4.69, 9.17) is 4.74 Å². The van der Waals surface area contributed by atoms with E-state index in [9.17, 15) is 4.39 Å². The summed E-state index contributed by atoms with van der Waals surface area (Å²) in [6.07, 6.45) is 1.41. The van der Waals surface area contributed by atoms with Gasteiger partial charge in [0.2, 0.25) is 11.8 Å². The zero-order valence-corrected chi connectivity index (χ0v) is 7.98. The molecule has 0 aliphatic carbocycles. The van der Waals surface area contributed by atoms with Crippen molar-refractivity contribution in [3.63, 3.8) is 0 Å². The van der Waals surface area contributed by atoms with Gasteiger partial charge < -0.3 is 9.64 Å². The number of rotatable bonds is 2. The average molecular weight is 197 g/mol. The standard InChI is InChI=1S/C9H12FN3O/c1-14-8-2-4-11-9(12-8)13-5-3-7(10)6-13/h2,4,7H,3,5-6H2,1H3. The molecule has 5 heteroatoms. The van der Waals surface area contributed by atoms with Gasteiger partial charge in [-0.2, -0.15) is 4.98 Å². The van der Waals surface area contributed by atoms with Crippen LogP contribution >= 0.6 is 0 Å². The number of hydrogen-bond acceptors (Lipinski definition) is 4. The summed E-state index contributed by atoms with van der Waals surface area (Å²) in [6, 6.07) is 1.67. The predicted octanol–water partition coefficient (Wildman–Crippen LogP) is 1.03. The quantitative estimate of drug-likeness (QED) is 0.709. The number of aromatic nitrogens is 2. The van der Waals surface area contributed by atoms with Crippen molar-refractivity contribution in [3.8, 4) is 5.88 Å². The van der Waals surface area contributed by atoms with Crippen LogP contribution in [0, 0.1) is 0 Å². The molecule has 0 saturated carbocycles. The lowest BCUT2D eigenvalue weighted by Gasteiger charge is -2.14. The third-order valence-electron chi connectivity index (χ3n) is 2.24. The normalized spacial score (nSPS) is 21.3. The second-order valence-corrected chi connectivity index (χ2v) is 3.23. The van der Waals surface area contributed by atoms with Gasteiger partial charge in [0, 0.05) is 18.8 Å². The molecule has 1 aliphatic rings. The Morgan fingerprint density at radius 2 is 2.50 bits per heavy atom. The Kier molecular flexibility index (Phi) is 2.47. The summed E-state index contributed by atoms with van der Waals surface area (Å²) in [5.74, 6) is 1.06. The highest BCUT2D eigenvalue weighted by atomic mass is 19.1. The van der Waals surface area contributed by atoms with E-state index < -0.39 is 6.17 Å². The Balaban J connectivity index is 2.15. The fourth-order valence-electron chi connectivity index (χ4n) is 1.50. The smallest absolute Gasteiger partial charge is 0.228 e. The van der Waals surface area contributed by atoms with Crippen molar-refractivity contribution in [2.24, 2.45) is 0 Å². The molecule has 0 bridgehead atoms. The largest absolute Gasteiger partial charge is 0.481 e. The van der Waals surface area contributed by atoms with E-state index in [-0.39, 0.29) is 0 Å². The number of halogens is 1. The molecule has 4 nitrogen and oxygen atoms in total. The second-order valence-electron chi connectivity index (χ2n) is 3.23. The Morgan fingerprint density at radius 1 is 1.64 bits per heavy atom. The summed E-state index contributed by atoms with van der Waals surface area (Å²) < 4.78 is 17.9. The van der Waals surface area contributed by atoms with E-state index in [0.717, 1.165) is 0 Å². The molecule has 1 fully saturated rings. The van der Waals surface area contributed by atoms with Gasteiger partial charge in [0.05, 0.1) is 13.7 Å². The first-order valence-corrected chi connectivity index (χ1v) is 4.55. The van der Waals surface area contributed by atoms with Gasteiger partial charge in [-0.15, -0.1) is 0 Å². The summed E-state index contributed by atoms with van der Waals surface area (Å²) in [6.45, 7) is 1.06. The Labute approximate surface area is 81.7 Å². The first-order chi connectivity index (χ1) is 6.79. The zero-order valence-electron chi connectivity index (χ0n) is 7.98. The molecule has 0 amide bonds. The summed E-state index contributed by atoms with van der Waals surface area (Å²) in [7, 11) is 1.55. The Bertz CT molecular complexity index is 321. The van der Waals surface area contributed by atoms with Crippen molar-refractivity contribution in [1.82, 2.24) is 9.97 Å².